The molecule has 0 spiro atoms. The molecular formula is C14H25NO3S. The van der Waals surface area contributed by atoms with Crippen LogP contribution in [-0.4, -0.2) is 30.3 Å². The highest BCUT2D eigenvalue weighted by Crippen LogP contribution is 2.55. The Hall–Kier alpha value is -0.130. The Bertz CT molecular complexity index is 410. The summed E-state index contributed by atoms with van der Waals surface area (Å²) in [4.78, 5) is 0. The van der Waals surface area contributed by atoms with Crippen molar-refractivity contribution in [3.63, 3.8) is 0 Å². The summed E-state index contributed by atoms with van der Waals surface area (Å²) in [7, 11) is -3.83. The van der Waals surface area contributed by atoms with Gasteiger partial charge in [0.25, 0.3) is 10.1 Å². The van der Waals surface area contributed by atoms with Crippen molar-refractivity contribution in [2.45, 2.75) is 63.5 Å². The van der Waals surface area contributed by atoms with Crippen molar-refractivity contribution in [2.75, 3.05) is 5.75 Å². The fourth-order valence-corrected chi connectivity index (χ4v) is 5.86. The summed E-state index contributed by atoms with van der Waals surface area (Å²) < 4.78 is 30.5. The van der Waals surface area contributed by atoms with Gasteiger partial charge in [-0.3, -0.25) is 4.55 Å². The van der Waals surface area contributed by atoms with Crippen molar-refractivity contribution in [1.29, 1.82) is 0 Å². The third-order valence-electron chi connectivity index (χ3n) is 5.40. The zero-order chi connectivity index (χ0) is 13.7. The van der Waals surface area contributed by atoms with Crippen LogP contribution in [0.5, 0.6) is 0 Å². The summed E-state index contributed by atoms with van der Waals surface area (Å²) in [6.07, 6.45) is 8.57. The number of hydrogen-bond donors (Lipinski definition) is 2. The molecule has 2 N–H and O–H groups in total. The van der Waals surface area contributed by atoms with Crippen molar-refractivity contribution in [1.82, 2.24) is 5.32 Å². The fourth-order valence-electron chi connectivity index (χ4n) is 5.21. The lowest BCUT2D eigenvalue weighted by Gasteiger charge is -2.57. The Morgan fingerprint density at radius 1 is 1.16 bits per heavy atom. The van der Waals surface area contributed by atoms with Gasteiger partial charge in [0.05, 0.1) is 5.75 Å². The predicted molar refractivity (Wildman–Crippen MR) is 74.5 cm³/mol. The molecule has 4 aliphatic carbocycles. The van der Waals surface area contributed by atoms with E-state index in [1.165, 1.54) is 38.5 Å². The van der Waals surface area contributed by atoms with Gasteiger partial charge in [0.15, 0.2) is 0 Å². The first-order chi connectivity index (χ1) is 8.84. The maximum atomic E-state index is 10.8. The molecule has 1 unspecified atom stereocenters. The maximum Gasteiger partial charge on any atom is 0.264 e. The van der Waals surface area contributed by atoms with Crippen LogP contribution < -0.4 is 5.32 Å². The van der Waals surface area contributed by atoms with Crippen molar-refractivity contribution >= 4 is 10.1 Å². The van der Waals surface area contributed by atoms with Crippen molar-refractivity contribution in [3.8, 4) is 0 Å². The van der Waals surface area contributed by atoms with E-state index >= 15 is 0 Å². The molecule has 4 aliphatic rings. The van der Waals surface area contributed by atoms with Gasteiger partial charge in [0.2, 0.25) is 0 Å². The van der Waals surface area contributed by atoms with Gasteiger partial charge >= 0.3 is 0 Å². The largest absolute Gasteiger partial charge is 0.309 e. The van der Waals surface area contributed by atoms with Crippen molar-refractivity contribution in [3.05, 3.63) is 0 Å². The Kier molecular flexibility index (Phi) is 3.43. The van der Waals surface area contributed by atoms with E-state index in [4.69, 9.17) is 4.55 Å². The van der Waals surface area contributed by atoms with E-state index in [2.05, 4.69) is 5.32 Å². The quantitative estimate of drug-likeness (QED) is 0.761. The van der Waals surface area contributed by atoms with Crippen LogP contribution >= 0.6 is 0 Å². The van der Waals surface area contributed by atoms with Gasteiger partial charge in [-0.15, -0.1) is 0 Å². The van der Waals surface area contributed by atoms with E-state index in [0.29, 0.717) is 6.42 Å². The van der Waals surface area contributed by atoms with Crippen LogP contribution in [0.4, 0.5) is 0 Å². The van der Waals surface area contributed by atoms with E-state index in [-0.39, 0.29) is 17.3 Å². The predicted octanol–water partition coefficient (Wildman–Crippen LogP) is 2.21. The minimum absolute atomic E-state index is 0.131. The van der Waals surface area contributed by atoms with Gasteiger partial charge < -0.3 is 5.32 Å². The molecule has 4 saturated carbocycles. The van der Waals surface area contributed by atoms with Crippen molar-refractivity contribution in [2.24, 2.45) is 17.8 Å². The average molecular weight is 287 g/mol. The molecule has 4 nitrogen and oxygen atoms in total. The molecule has 0 aliphatic heterocycles. The molecule has 110 valence electrons. The van der Waals surface area contributed by atoms with E-state index < -0.39 is 10.1 Å². The highest BCUT2D eigenvalue weighted by Gasteiger charge is 2.50. The summed E-state index contributed by atoms with van der Waals surface area (Å²) >= 11 is 0. The normalized spacial score (nSPS) is 42.5. The summed E-state index contributed by atoms with van der Waals surface area (Å²) in [5.41, 5.74) is 0.271. The van der Waals surface area contributed by atoms with Crippen LogP contribution in [0.2, 0.25) is 0 Å². The molecule has 0 radical (unpaired) electrons. The second-order valence-corrected chi connectivity index (χ2v) is 8.89. The number of rotatable bonds is 5. The van der Waals surface area contributed by atoms with E-state index in [1.807, 2.05) is 6.92 Å². The highest BCUT2D eigenvalue weighted by atomic mass is 32.2. The molecule has 5 heteroatoms. The first kappa shape index (κ1) is 13.8. The Labute approximate surface area is 116 Å². The summed E-state index contributed by atoms with van der Waals surface area (Å²) in [5.74, 6) is 2.56. The molecule has 0 aromatic heterocycles. The van der Waals surface area contributed by atoms with E-state index in [0.717, 1.165) is 17.8 Å². The van der Waals surface area contributed by atoms with Gasteiger partial charge in [-0.1, -0.05) is 0 Å². The van der Waals surface area contributed by atoms with Crippen LogP contribution in [0.15, 0.2) is 0 Å². The van der Waals surface area contributed by atoms with Crippen LogP contribution in [0.25, 0.3) is 0 Å². The molecule has 19 heavy (non-hydrogen) atoms. The minimum Gasteiger partial charge on any atom is -0.309 e. The van der Waals surface area contributed by atoms with Gasteiger partial charge in [0, 0.05) is 11.6 Å². The maximum absolute atomic E-state index is 10.8. The summed E-state index contributed by atoms with van der Waals surface area (Å²) in [6.45, 7) is 2.05. The smallest absolute Gasteiger partial charge is 0.264 e. The molecule has 1 atom stereocenters. The molecule has 4 fully saturated rings. The second-order valence-electron chi connectivity index (χ2n) is 7.32. The van der Waals surface area contributed by atoms with Crippen LogP contribution in [-0.2, 0) is 10.1 Å². The molecule has 0 aromatic rings. The van der Waals surface area contributed by atoms with Crippen LogP contribution in [0.3, 0.4) is 0 Å². The van der Waals surface area contributed by atoms with E-state index in [1.54, 1.807) is 0 Å². The fraction of sp³-hybridized carbons (Fsp3) is 1.00. The van der Waals surface area contributed by atoms with Gasteiger partial charge in [-0.2, -0.15) is 8.42 Å². The lowest BCUT2D eigenvalue weighted by Crippen LogP contribution is -2.60. The lowest BCUT2D eigenvalue weighted by atomic mass is 9.53. The zero-order valence-electron chi connectivity index (χ0n) is 11.6. The second kappa shape index (κ2) is 4.71. The third-order valence-corrected chi connectivity index (χ3v) is 6.15. The molecule has 0 aromatic carbocycles. The van der Waals surface area contributed by atoms with Gasteiger partial charge in [-0.25, -0.2) is 0 Å². The minimum atomic E-state index is -3.83. The molecule has 0 amide bonds. The van der Waals surface area contributed by atoms with Crippen LogP contribution in [0, 0.1) is 17.8 Å². The Balaban J connectivity index is 1.60. The standard InChI is InChI=1S/C14H25NO3S/c1-10(2-3-19(16,17)18)15-14-7-11-4-12(8-14)6-13(5-11)9-14/h10-13,15H,2-9H2,1H3,(H,16,17,18). The monoisotopic (exact) mass is 287 g/mol. The molecule has 0 saturated heterocycles. The SMILES string of the molecule is CC(CCS(=O)(=O)O)NC12CC3CC(CC(C3)C1)C2. The van der Waals surface area contributed by atoms with Gasteiger partial charge in [-0.05, 0) is 69.6 Å². The van der Waals surface area contributed by atoms with Crippen LogP contribution in [0.1, 0.15) is 51.9 Å². The first-order valence-electron chi connectivity index (χ1n) is 7.56. The number of hydrogen-bond acceptors (Lipinski definition) is 3. The zero-order valence-corrected chi connectivity index (χ0v) is 12.5. The molecule has 0 heterocycles. The van der Waals surface area contributed by atoms with E-state index in [9.17, 15) is 8.42 Å². The summed E-state index contributed by atoms with van der Waals surface area (Å²) in [5, 5.41) is 3.72. The van der Waals surface area contributed by atoms with Crippen molar-refractivity contribution < 1.29 is 13.0 Å². The topological polar surface area (TPSA) is 66.4 Å². The Morgan fingerprint density at radius 3 is 2.05 bits per heavy atom. The first-order valence-corrected chi connectivity index (χ1v) is 9.17. The molecule has 4 rings (SSSR count). The summed E-state index contributed by atoms with van der Waals surface area (Å²) in [6, 6.07) is 0.165. The average Bonchev–Trinajstić information content (AvgIpc) is 2.22. The molecule has 4 bridgehead atoms. The Morgan fingerprint density at radius 2 is 1.63 bits per heavy atom. The molecular weight excluding hydrogens is 262 g/mol. The van der Waals surface area contributed by atoms with Gasteiger partial charge in [0.1, 0.15) is 0 Å². The number of nitrogens with one attached hydrogen (secondary N) is 1. The third kappa shape index (κ3) is 3.14. The highest BCUT2D eigenvalue weighted by molar-refractivity contribution is 7.85. The lowest BCUT2D eigenvalue weighted by molar-refractivity contribution is -0.0244.